The van der Waals surface area contributed by atoms with Gasteiger partial charge in [0.05, 0.1) is 17.7 Å². The van der Waals surface area contributed by atoms with E-state index in [4.69, 9.17) is 11.6 Å². The number of aromatic amines is 1. The van der Waals surface area contributed by atoms with Crippen LogP contribution >= 0.6 is 11.6 Å². The van der Waals surface area contributed by atoms with Crippen LogP contribution in [0.4, 0.5) is 0 Å². The second-order valence-corrected chi connectivity index (χ2v) is 8.19. The number of carbonyl (C=O) groups excluding carboxylic acids is 1. The predicted octanol–water partition coefficient (Wildman–Crippen LogP) is 3.96. The largest absolute Gasteiger partial charge is 0.478 e. The molecule has 0 aliphatic rings. The van der Waals surface area contributed by atoms with Crippen molar-refractivity contribution in [3.8, 4) is 0 Å². The third-order valence-electron chi connectivity index (χ3n) is 5.53. The van der Waals surface area contributed by atoms with Gasteiger partial charge in [0.15, 0.2) is 16.8 Å². The van der Waals surface area contributed by atoms with Crippen LogP contribution in [0, 0.1) is 0 Å². The first-order chi connectivity index (χ1) is 16.5. The molecular formula is C24H23ClN6O3. The van der Waals surface area contributed by atoms with Crippen LogP contribution < -0.4 is 0 Å². The molecular weight excluding hydrogens is 456 g/mol. The number of aromatic nitrogens is 6. The second kappa shape index (κ2) is 10.4. The van der Waals surface area contributed by atoms with Gasteiger partial charge in [0.2, 0.25) is 0 Å². The first-order valence-corrected chi connectivity index (χ1v) is 11.3. The normalized spacial score (nSPS) is 11.0. The van der Waals surface area contributed by atoms with Gasteiger partial charge in [-0.3, -0.25) is 4.79 Å². The molecule has 2 aromatic carbocycles. The summed E-state index contributed by atoms with van der Waals surface area (Å²) in [7, 11) is 0. The molecule has 0 aliphatic carbocycles. The summed E-state index contributed by atoms with van der Waals surface area (Å²) in [6.45, 7) is 2.62. The summed E-state index contributed by atoms with van der Waals surface area (Å²) in [5, 5.41) is 23.9. The van der Waals surface area contributed by atoms with Crippen molar-refractivity contribution in [3.63, 3.8) is 0 Å². The highest BCUT2D eigenvalue weighted by atomic mass is 35.5. The fraction of sp³-hybridized carbons (Fsp3) is 0.250. The molecule has 2 heterocycles. The lowest BCUT2D eigenvalue weighted by Crippen LogP contribution is -2.11. The number of aromatic carboxylic acids is 1. The van der Waals surface area contributed by atoms with Crippen molar-refractivity contribution >= 4 is 23.4 Å². The fourth-order valence-corrected chi connectivity index (χ4v) is 4.03. The van der Waals surface area contributed by atoms with E-state index in [1.807, 2.05) is 12.1 Å². The van der Waals surface area contributed by atoms with E-state index in [9.17, 15) is 14.7 Å². The van der Waals surface area contributed by atoms with E-state index >= 15 is 0 Å². The molecule has 34 heavy (non-hydrogen) atoms. The average Bonchev–Trinajstić information content (AvgIpc) is 3.46. The highest BCUT2D eigenvalue weighted by Gasteiger charge is 2.19. The number of hydrogen-bond acceptors (Lipinski definition) is 6. The first-order valence-electron chi connectivity index (χ1n) is 10.9. The fourth-order valence-electron chi connectivity index (χ4n) is 3.76. The van der Waals surface area contributed by atoms with Crippen LogP contribution in [0.2, 0.25) is 5.15 Å². The van der Waals surface area contributed by atoms with E-state index in [1.54, 1.807) is 24.3 Å². The Hall–Kier alpha value is -3.85. The van der Waals surface area contributed by atoms with Crippen molar-refractivity contribution in [2.75, 3.05) is 0 Å². The number of benzene rings is 2. The van der Waals surface area contributed by atoms with Crippen molar-refractivity contribution < 1.29 is 14.7 Å². The summed E-state index contributed by atoms with van der Waals surface area (Å²) in [5.41, 5.74) is 2.30. The number of unbranched alkanes of at least 4 members (excludes halogenated alkanes) is 1. The molecule has 0 atom stereocenters. The molecule has 4 aromatic rings. The molecule has 0 amide bonds. The number of carboxylic acids is 1. The van der Waals surface area contributed by atoms with Gasteiger partial charge in [-0.2, -0.15) is 5.21 Å². The number of ketones is 1. The van der Waals surface area contributed by atoms with Gasteiger partial charge in [0.25, 0.3) is 0 Å². The number of nitrogens with one attached hydrogen (secondary N) is 1. The SMILES string of the molecule is CCCCc1nc(Cl)c(Cc2nn[nH]n2)n1Cc1ccc(C(=O)c2ccccc2C(=O)O)cc1. The molecule has 0 bridgehead atoms. The molecule has 0 unspecified atom stereocenters. The third kappa shape index (κ3) is 5.04. The number of nitrogens with zero attached hydrogens (tertiary/aromatic N) is 5. The van der Waals surface area contributed by atoms with Gasteiger partial charge >= 0.3 is 5.97 Å². The second-order valence-electron chi connectivity index (χ2n) is 7.84. The van der Waals surface area contributed by atoms with Crippen LogP contribution in [0.5, 0.6) is 0 Å². The number of rotatable bonds is 10. The Morgan fingerprint density at radius 3 is 2.47 bits per heavy atom. The highest BCUT2D eigenvalue weighted by molar-refractivity contribution is 6.30. The first kappa shape index (κ1) is 23.3. The van der Waals surface area contributed by atoms with Gasteiger partial charge in [-0.15, -0.1) is 10.2 Å². The molecule has 0 saturated heterocycles. The molecule has 0 aliphatic heterocycles. The Labute approximate surface area is 200 Å². The van der Waals surface area contributed by atoms with Crippen LogP contribution in [-0.2, 0) is 19.4 Å². The third-order valence-corrected chi connectivity index (χ3v) is 5.83. The average molecular weight is 479 g/mol. The van der Waals surface area contributed by atoms with E-state index < -0.39 is 5.97 Å². The Kier molecular flexibility index (Phi) is 7.12. The van der Waals surface area contributed by atoms with Gasteiger partial charge in [-0.05, 0) is 18.1 Å². The maximum atomic E-state index is 12.9. The molecule has 4 rings (SSSR count). The standard InChI is InChI=1S/C24H23ClN6O3/c1-2-3-8-21-26-23(25)19(13-20-27-29-30-28-20)31(21)14-15-9-11-16(12-10-15)22(32)17-6-4-5-7-18(17)24(33)34/h4-7,9-12H,2-3,8,13-14H2,1H3,(H,33,34)(H,27,28,29,30). The lowest BCUT2D eigenvalue weighted by Gasteiger charge is -2.12. The maximum absolute atomic E-state index is 12.9. The lowest BCUT2D eigenvalue weighted by molar-refractivity contribution is 0.0693. The monoisotopic (exact) mass is 478 g/mol. The summed E-state index contributed by atoms with van der Waals surface area (Å²) in [6.07, 6.45) is 3.17. The molecule has 9 nitrogen and oxygen atoms in total. The van der Waals surface area contributed by atoms with E-state index in [-0.39, 0.29) is 16.9 Å². The molecule has 0 spiro atoms. The molecule has 10 heteroatoms. The minimum absolute atomic E-state index is 0.0173. The van der Waals surface area contributed by atoms with E-state index in [1.165, 1.54) is 12.1 Å². The Morgan fingerprint density at radius 2 is 1.82 bits per heavy atom. The van der Waals surface area contributed by atoms with Crippen LogP contribution in [0.15, 0.2) is 48.5 Å². The summed E-state index contributed by atoms with van der Waals surface area (Å²) in [4.78, 5) is 29.0. The van der Waals surface area contributed by atoms with Crippen LogP contribution in [-0.4, -0.2) is 47.0 Å². The molecule has 174 valence electrons. The molecule has 2 N–H and O–H groups in total. The van der Waals surface area contributed by atoms with Gasteiger partial charge in [0, 0.05) is 24.1 Å². The summed E-state index contributed by atoms with van der Waals surface area (Å²) < 4.78 is 2.06. The van der Waals surface area contributed by atoms with Crippen molar-refractivity contribution in [2.45, 2.75) is 39.2 Å². The van der Waals surface area contributed by atoms with Crippen molar-refractivity contribution in [3.05, 3.63) is 93.3 Å². The number of tetrazole rings is 1. The minimum Gasteiger partial charge on any atom is -0.478 e. The van der Waals surface area contributed by atoms with E-state index in [0.717, 1.165) is 36.3 Å². The number of carbonyl (C=O) groups is 2. The Bertz CT molecular complexity index is 1300. The molecule has 0 fully saturated rings. The highest BCUT2D eigenvalue weighted by Crippen LogP contribution is 2.23. The summed E-state index contributed by atoms with van der Waals surface area (Å²) >= 11 is 6.48. The number of imidazole rings is 1. The van der Waals surface area contributed by atoms with E-state index in [2.05, 4.69) is 37.1 Å². The van der Waals surface area contributed by atoms with Crippen LogP contribution in [0.3, 0.4) is 0 Å². The van der Waals surface area contributed by atoms with Gasteiger partial charge in [0.1, 0.15) is 5.82 Å². The lowest BCUT2D eigenvalue weighted by atomic mass is 9.97. The Balaban J connectivity index is 1.61. The number of carboxylic acid groups (broad SMARTS) is 1. The van der Waals surface area contributed by atoms with E-state index in [0.29, 0.717) is 29.5 Å². The predicted molar refractivity (Wildman–Crippen MR) is 125 cm³/mol. The number of H-pyrrole nitrogens is 1. The van der Waals surface area contributed by atoms with Crippen molar-refractivity contribution in [1.82, 2.24) is 30.2 Å². The molecule has 2 aromatic heterocycles. The number of aryl methyl sites for hydroxylation is 1. The Morgan fingerprint density at radius 1 is 1.09 bits per heavy atom. The van der Waals surface area contributed by atoms with Crippen molar-refractivity contribution in [1.29, 1.82) is 0 Å². The zero-order valence-electron chi connectivity index (χ0n) is 18.5. The van der Waals surface area contributed by atoms with Gasteiger partial charge < -0.3 is 9.67 Å². The summed E-state index contributed by atoms with van der Waals surface area (Å²) in [5.74, 6) is -0.0769. The maximum Gasteiger partial charge on any atom is 0.336 e. The zero-order valence-corrected chi connectivity index (χ0v) is 19.3. The van der Waals surface area contributed by atoms with Crippen molar-refractivity contribution in [2.24, 2.45) is 0 Å². The molecule has 0 radical (unpaired) electrons. The van der Waals surface area contributed by atoms with Crippen LogP contribution in [0.1, 0.15) is 69.0 Å². The topological polar surface area (TPSA) is 127 Å². The smallest absolute Gasteiger partial charge is 0.336 e. The minimum atomic E-state index is -1.13. The number of hydrogen-bond donors (Lipinski definition) is 2. The van der Waals surface area contributed by atoms with Crippen LogP contribution in [0.25, 0.3) is 0 Å². The zero-order chi connectivity index (χ0) is 24.1. The quantitative estimate of drug-likeness (QED) is 0.330. The summed E-state index contributed by atoms with van der Waals surface area (Å²) in [6, 6.07) is 13.3. The molecule has 0 saturated carbocycles. The van der Waals surface area contributed by atoms with Gasteiger partial charge in [-0.25, -0.2) is 9.78 Å². The van der Waals surface area contributed by atoms with Gasteiger partial charge in [-0.1, -0.05) is 72.6 Å². The number of halogens is 1.